The summed E-state index contributed by atoms with van der Waals surface area (Å²) >= 11 is 0. The van der Waals surface area contributed by atoms with E-state index in [9.17, 15) is 0 Å². The van der Waals surface area contributed by atoms with Crippen LogP contribution in [0.15, 0.2) is 34.9 Å². The summed E-state index contributed by atoms with van der Waals surface area (Å²) in [6, 6.07) is 10.5. The SMILES string of the molecule is c1ccc(OCCNC2CCCN(Cc3noc(C4CC4)n3)C2)cc1. The Morgan fingerprint density at radius 2 is 2.08 bits per heavy atom. The Morgan fingerprint density at radius 3 is 2.92 bits per heavy atom. The molecule has 2 aromatic rings. The van der Waals surface area contributed by atoms with Gasteiger partial charge in [-0.15, -0.1) is 0 Å². The van der Waals surface area contributed by atoms with Crippen molar-refractivity contribution in [2.24, 2.45) is 0 Å². The van der Waals surface area contributed by atoms with Crippen LogP contribution in [0.25, 0.3) is 0 Å². The standard InChI is InChI=1S/C19H26N4O2/c1-2-6-17(7-3-1)24-12-10-20-16-5-4-11-23(13-16)14-18-21-19(25-22-18)15-8-9-15/h1-3,6-7,15-16,20H,4-5,8-14H2. The van der Waals surface area contributed by atoms with Crippen molar-refractivity contribution in [2.45, 2.75) is 44.2 Å². The van der Waals surface area contributed by atoms with E-state index in [1.54, 1.807) is 0 Å². The Hall–Kier alpha value is -1.92. The zero-order chi connectivity index (χ0) is 16.9. The van der Waals surface area contributed by atoms with E-state index in [2.05, 4.69) is 20.4 Å². The summed E-state index contributed by atoms with van der Waals surface area (Å²) in [5, 5.41) is 7.75. The first kappa shape index (κ1) is 16.5. The van der Waals surface area contributed by atoms with Gasteiger partial charge in [0.25, 0.3) is 0 Å². The third kappa shape index (κ3) is 4.80. The maximum absolute atomic E-state index is 5.74. The predicted molar refractivity (Wildman–Crippen MR) is 94.5 cm³/mol. The first-order valence-corrected chi connectivity index (χ1v) is 9.33. The topological polar surface area (TPSA) is 63.4 Å². The number of benzene rings is 1. The van der Waals surface area contributed by atoms with Gasteiger partial charge in [0.2, 0.25) is 5.89 Å². The third-order valence-electron chi connectivity index (χ3n) is 4.83. The van der Waals surface area contributed by atoms with Crippen LogP contribution in [0.1, 0.15) is 43.3 Å². The lowest BCUT2D eigenvalue weighted by atomic mass is 10.1. The molecular formula is C19H26N4O2. The molecule has 6 heteroatoms. The van der Waals surface area contributed by atoms with Gasteiger partial charge in [0.15, 0.2) is 5.82 Å². The van der Waals surface area contributed by atoms with Crippen molar-refractivity contribution in [3.63, 3.8) is 0 Å². The number of nitrogens with zero attached hydrogens (tertiary/aromatic N) is 3. The molecule has 0 bridgehead atoms. The van der Waals surface area contributed by atoms with Gasteiger partial charge in [-0.3, -0.25) is 4.90 Å². The van der Waals surface area contributed by atoms with E-state index in [0.29, 0.717) is 18.6 Å². The van der Waals surface area contributed by atoms with Crippen LogP contribution in [0.2, 0.25) is 0 Å². The number of hydrogen-bond donors (Lipinski definition) is 1. The number of aromatic nitrogens is 2. The van der Waals surface area contributed by atoms with Crippen LogP contribution < -0.4 is 10.1 Å². The third-order valence-corrected chi connectivity index (χ3v) is 4.83. The second kappa shape index (κ2) is 7.97. The van der Waals surface area contributed by atoms with Crippen molar-refractivity contribution in [1.29, 1.82) is 0 Å². The lowest BCUT2D eigenvalue weighted by molar-refractivity contribution is 0.173. The molecular weight excluding hydrogens is 316 g/mol. The zero-order valence-corrected chi connectivity index (χ0v) is 14.6. The number of rotatable bonds is 8. The first-order chi connectivity index (χ1) is 12.4. The van der Waals surface area contributed by atoms with Gasteiger partial charge in [-0.1, -0.05) is 23.4 Å². The van der Waals surface area contributed by atoms with Crippen molar-refractivity contribution in [3.05, 3.63) is 42.0 Å². The minimum Gasteiger partial charge on any atom is -0.492 e. The molecule has 4 rings (SSSR count). The fourth-order valence-electron chi connectivity index (χ4n) is 3.34. The molecule has 25 heavy (non-hydrogen) atoms. The van der Waals surface area contributed by atoms with Gasteiger partial charge in [0.05, 0.1) is 6.54 Å². The molecule has 0 amide bonds. The Bertz CT molecular complexity index is 656. The minimum absolute atomic E-state index is 0.503. The monoisotopic (exact) mass is 342 g/mol. The zero-order valence-electron chi connectivity index (χ0n) is 14.6. The predicted octanol–water partition coefficient (Wildman–Crippen LogP) is 2.58. The quantitative estimate of drug-likeness (QED) is 0.744. The number of ether oxygens (including phenoxy) is 1. The van der Waals surface area contributed by atoms with E-state index in [4.69, 9.17) is 9.26 Å². The number of hydrogen-bond acceptors (Lipinski definition) is 6. The highest BCUT2D eigenvalue weighted by atomic mass is 16.5. The average molecular weight is 342 g/mol. The number of para-hydroxylation sites is 1. The Balaban J connectivity index is 1.18. The smallest absolute Gasteiger partial charge is 0.229 e. The highest BCUT2D eigenvalue weighted by Gasteiger charge is 2.30. The van der Waals surface area contributed by atoms with Gasteiger partial charge in [0, 0.05) is 25.0 Å². The number of piperidine rings is 1. The van der Waals surface area contributed by atoms with Crippen molar-refractivity contribution in [2.75, 3.05) is 26.2 Å². The van der Waals surface area contributed by atoms with E-state index in [1.165, 1.54) is 25.7 Å². The summed E-state index contributed by atoms with van der Waals surface area (Å²) < 4.78 is 11.1. The van der Waals surface area contributed by atoms with Gasteiger partial charge in [-0.05, 0) is 44.4 Å². The molecule has 1 N–H and O–H groups in total. The highest BCUT2D eigenvalue weighted by molar-refractivity contribution is 5.20. The molecule has 1 atom stereocenters. The van der Waals surface area contributed by atoms with E-state index >= 15 is 0 Å². The van der Waals surface area contributed by atoms with Crippen LogP contribution in [0, 0.1) is 0 Å². The second-order valence-electron chi connectivity index (χ2n) is 7.01. The van der Waals surface area contributed by atoms with Crippen LogP contribution in [0.5, 0.6) is 5.75 Å². The van der Waals surface area contributed by atoms with Gasteiger partial charge in [-0.25, -0.2) is 0 Å². The van der Waals surface area contributed by atoms with Gasteiger partial charge in [0.1, 0.15) is 12.4 Å². The van der Waals surface area contributed by atoms with E-state index in [0.717, 1.165) is 43.6 Å². The summed E-state index contributed by atoms with van der Waals surface area (Å²) in [5.41, 5.74) is 0. The number of likely N-dealkylation sites (tertiary alicyclic amines) is 1. The Morgan fingerprint density at radius 1 is 1.20 bits per heavy atom. The molecule has 1 saturated carbocycles. The van der Waals surface area contributed by atoms with Gasteiger partial charge < -0.3 is 14.6 Å². The molecule has 2 fully saturated rings. The molecule has 2 heterocycles. The molecule has 6 nitrogen and oxygen atoms in total. The van der Waals surface area contributed by atoms with Crippen molar-refractivity contribution in [3.8, 4) is 5.75 Å². The summed E-state index contributed by atoms with van der Waals surface area (Å²) in [5.74, 6) is 3.12. The van der Waals surface area contributed by atoms with E-state index in [-0.39, 0.29) is 0 Å². The van der Waals surface area contributed by atoms with Crippen LogP contribution >= 0.6 is 0 Å². The number of nitrogens with one attached hydrogen (secondary N) is 1. The molecule has 1 aromatic carbocycles. The Labute approximate surface area is 148 Å². The summed E-state index contributed by atoms with van der Waals surface area (Å²) in [6.45, 7) is 4.47. The van der Waals surface area contributed by atoms with Crippen LogP contribution in [-0.4, -0.2) is 47.3 Å². The fraction of sp³-hybridized carbons (Fsp3) is 0.579. The molecule has 1 unspecified atom stereocenters. The summed E-state index contributed by atoms with van der Waals surface area (Å²) in [4.78, 5) is 6.96. The molecule has 134 valence electrons. The van der Waals surface area contributed by atoms with E-state index in [1.807, 2.05) is 30.3 Å². The fourth-order valence-corrected chi connectivity index (χ4v) is 3.34. The molecule has 1 aliphatic carbocycles. The highest BCUT2D eigenvalue weighted by Crippen LogP contribution is 2.38. The summed E-state index contributed by atoms with van der Waals surface area (Å²) in [7, 11) is 0. The molecule has 1 aliphatic heterocycles. The van der Waals surface area contributed by atoms with Crippen LogP contribution in [0.3, 0.4) is 0 Å². The first-order valence-electron chi connectivity index (χ1n) is 9.33. The Kier molecular flexibility index (Phi) is 5.28. The largest absolute Gasteiger partial charge is 0.492 e. The molecule has 1 saturated heterocycles. The van der Waals surface area contributed by atoms with Gasteiger partial charge >= 0.3 is 0 Å². The second-order valence-corrected chi connectivity index (χ2v) is 7.01. The van der Waals surface area contributed by atoms with Crippen LogP contribution in [0.4, 0.5) is 0 Å². The normalized spacial score (nSPS) is 21.4. The lowest BCUT2D eigenvalue weighted by Crippen LogP contribution is -2.46. The van der Waals surface area contributed by atoms with Crippen LogP contribution in [-0.2, 0) is 6.54 Å². The minimum atomic E-state index is 0.503. The average Bonchev–Trinajstić information content (AvgIpc) is 3.40. The van der Waals surface area contributed by atoms with Crippen molar-refractivity contribution < 1.29 is 9.26 Å². The molecule has 2 aliphatic rings. The molecule has 1 aromatic heterocycles. The molecule has 0 spiro atoms. The van der Waals surface area contributed by atoms with Gasteiger partial charge in [-0.2, -0.15) is 4.98 Å². The molecule has 0 radical (unpaired) electrons. The van der Waals surface area contributed by atoms with E-state index < -0.39 is 0 Å². The maximum Gasteiger partial charge on any atom is 0.229 e. The van der Waals surface area contributed by atoms with Crippen molar-refractivity contribution >= 4 is 0 Å². The van der Waals surface area contributed by atoms with Crippen molar-refractivity contribution in [1.82, 2.24) is 20.4 Å². The maximum atomic E-state index is 5.74. The summed E-state index contributed by atoms with van der Waals surface area (Å²) in [6.07, 6.45) is 4.80. The lowest BCUT2D eigenvalue weighted by Gasteiger charge is -2.32.